The molecule has 20 heavy (non-hydrogen) atoms. The molecule has 1 fully saturated rings. The maximum atomic E-state index is 11.9. The summed E-state index contributed by atoms with van der Waals surface area (Å²) in [7, 11) is 0. The third kappa shape index (κ3) is 3.74. The van der Waals surface area contributed by atoms with E-state index in [0.29, 0.717) is 22.4 Å². The van der Waals surface area contributed by atoms with Gasteiger partial charge < -0.3 is 10.6 Å². The van der Waals surface area contributed by atoms with Gasteiger partial charge in [0.2, 0.25) is 11.8 Å². The number of benzene rings is 1. The molecule has 1 aromatic carbocycles. The lowest BCUT2D eigenvalue weighted by Gasteiger charge is -2.08. The molecule has 5 nitrogen and oxygen atoms in total. The average molecular weight is 312 g/mol. The largest absolute Gasteiger partial charge is 0.325 e. The van der Waals surface area contributed by atoms with E-state index in [-0.39, 0.29) is 18.2 Å². The maximum Gasteiger partial charge on any atom is 0.240 e. The van der Waals surface area contributed by atoms with E-state index in [1.54, 1.807) is 24.3 Å². The van der Waals surface area contributed by atoms with Gasteiger partial charge in [0.15, 0.2) is 5.17 Å². The van der Waals surface area contributed by atoms with Gasteiger partial charge in [-0.25, -0.2) is 0 Å². The van der Waals surface area contributed by atoms with Crippen LogP contribution in [0.3, 0.4) is 0 Å². The van der Waals surface area contributed by atoms with Crippen LogP contribution in [0.4, 0.5) is 5.69 Å². The lowest BCUT2D eigenvalue weighted by Crippen LogP contribution is -2.28. The topological polar surface area (TPSA) is 70.6 Å². The van der Waals surface area contributed by atoms with E-state index in [1.807, 2.05) is 6.92 Å². The first-order chi connectivity index (χ1) is 9.60. The number of amides is 2. The monoisotopic (exact) mass is 311 g/mol. The van der Waals surface area contributed by atoms with Crippen LogP contribution in [0.1, 0.15) is 13.3 Å². The Morgan fingerprint density at radius 3 is 2.95 bits per heavy atom. The first-order valence-corrected chi connectivity index (χ1v) is 7.42. The summed E-state index contributed by atoms with van der Waals surface area (Å²) in [5.41, 5.74) is 0.546. The van der Waals surface area contributed by atoms with Crippen LogP contribution in [0.2, 0.25) is 5.02 Å². The van der Waals surface area contributed by atoms with Crippen LogP contribution >= 0.6 is 23.4 Å². The third-order valence-electron chi connectivity index (χ3n) is 2.60. The molecule has 1 atom stereocenters. The molecular weight excluding hydrogens is 298 g/mol. The fraction of sp³-hybridized carbons (Fsp3) is 0.308. The lowest BCUT2D eigenvalue weighted by atomic mass is 10.2. The minimum absolute atomic E-state index is 0.0878. The van der Waals surface area contributed by atoms with E-state index in [1.165, 1.54) is 11.8 Å². The summed E-state index contributed by atoms with van der Waals surface area (Å²) in [6.07, 6.45) is 0.0878. The Kier molecular flexibility index (Phi) is 5.03. The Hall–Kier alpha value is -1.53. The fourth-order valence-corrected chi connectivity index (χ4v) is 2.91. The van der Waals surface area contributed by atoms with Gasteiger partial charge in [0.25, 0.3) is 0 Å². The summed E-state index contributed by atoms with van der Waals surface area (Å²) in [6.45, 7) is 2.48. The molecule has 0 radical (unpaired) electrons. The van der Waals surface area contributed by atoms with E-state index in [2.05, 4.69) is 15.6 Å². The Labute approximate surface area is 126 Å². The van der Waals surface area contributed by atoms with Crippen LogP contribution in [-0.4, -0.2) is 28.8 Å². The maximum absolute atomic E-state index is 11.9. The molecular formula is C13H14ClN3O2S. The second-order valence-corrected chi connectivity index (χ2v) is 5.71. The van der Waals surface area contributed by atoms with Gasteiger partial charge in [-0.05, 0) is 19.1 Å². The summed E-state index contributed by atoms with van der Waals surface area (Å²) in [4.78, 5) is 27.7. The Morgan fingerprint density at radius 1 is 1.50 bits per heavy atom. The van der Waals surface area contributed by atoms with Crippen LogP contribution in [0.5, 0.6) is 0 Å². The number of nitrogens with zero attached hydrogens (tertiary/aromatic N) is 1. The molecule has 2 N–H and O–H groups in total. The Balaban J connectivity index is 1.94. The molecule has 0 saturated carbocycles. The van der Waals surface area contributed by atoms with Crippen LogP contribution in [0, 0.1) is 0 Å². The van der Waals surface area contributed by atoms with Crippen molar-refractivity contribution in [1.29, 1.82) is 0 Å². The zero-order chi connectivity index (χ0) is 14.5. The molecule has 0 aromatic heterocycles. The van der Waals surface area contributed by atoms with E-state index in [4.69, 9.17) is 11.6 Å². The number of carbonyl (C=O) groups is 2. The minimum Gasteiger partial charge on any atom is -0.325 e. The highest BCUT2D eigenvalue weighted by Gasteiger charge is 2.31. The molecule has 106 valence electrons. The van der Waals surface area contributed by atoms with Gasteiger partial charge in [0.05, 0.1) is 10.7 Å². The Bertz CT molecular complexity index is 562. The second kappa shape index (κ2) is 6.76. The number of rotatable bonds is 4. The smallest absolute Gasteiger partial charge is 0.240 e. The summed E-state index contributed by atoms with van der Waals surface area (Å²) in [6, 6.07) is 6.97. The first kappa shape index (κ1) is 14.9. The van der Waals surface area contributed by atoms with Gasteiger partial charge in [-0.3, -0.25) is 14.6 Å². The van der Waals surface area contributed by atoms with Crippen LogP contribution in [-0.2, 0) is 9.59 Å². The van der Waals surface area contributed by atoms with Crippen LogP contribution < -0.4 is 10.6 Å². The summed E-state index contributed by atoms with van der Waals surface area (Å²) >= 11 is 7.24. The normalized spacial score (nSPS) is 20.0. The number of aliphatic imine (C=N–C) groups is 1. The van der Waals surface area contributed by atoms with Crippen molar-refractivity contribution >= 4 is 46.0 Å². The molecule has 7 heteroatoms. The molecule has 0 aliphatic carbocycles. The zero-order valence-corrected chi connectivity index (χ0v) is 12.4. The fourth-order valence-electron chi connectivity index (χ4n) is 1.69. The molecule has 0 spiro atoms. The number of hydrogen-bond donors (Lipinski definition) is 2. The minimum atomic E-state index is -0.442. The standard InChI is InChI=1S/C13H14ClN3O2S/c1-2-15-13-17-12(19)10(20-13)7-11(18)16-9-6-4-3-5-8(9)14/h3-6,10H,2,7H2,1H3,(H,16,18)(H,15,17,19). The second-order valence-electron chi connectivity index (χ2n) is 4.11. The number of halogens is 1. The van der Waals surface area contributed by atoms with Crippen molar-refractivity contribution in [2.24, 2.45) is 4.99 Å². The van der Waals surface area contributed by atoms with Crippen molar-refractivity contribution in [3.63, 3.8) is 0 Å². The van der Waals surface area contributed by atoms with E-state index in [0.717, 1.165) is 0 Å². The summed E-state index contributed by atoms with van der Waals surface area (Å²) < 4.78 is 0. The quantitative estimate of drug-likeness (QED) is 0.896. The first-order valence-electron chi connectivity index (χ1n) is 6.16. The predicted molar refractivity (Wildman–Crippen MR) is 82.2 cm³/mol. The van der Waals surface area contributed by atoms with Gasteiger partial charge in [-0.1, -0.05) is 35.5 Å². The summed E-state index contributed by atoms with van der Waals surface area (Å²) in [5.74, 6) is -0.431. The average Bonchev–Trinajstić information content (AvgIpc) is 2.73. The highest BCUT2D eigenvalue weighted by atomic mass is 35.5. The van der Waals surface area contributed by atoms with Crippen molar-refractivity contribution in [3.8, 4) is 0 Å². The number of anilines is 1. The number of thioether (sulfide) groups is 1. The molecule has 1 aromatic rings. The Morgan fingerprint density at radius 2 is 2.25 bits per heavy atom. The van der Waals surface area contributed by atoms with Gasteiger partial charge in [0, 0.05) is 13.0 Å². The molecule has 1 unspecified atom stereocenters. The van der Waals surface area contributed by atoms with Crippen molar-refractivity contribution in [2.45, 2.75) is 18.6 Å². The van der Waals surface area contributed by atoms with Crippen molar-refractivity contribution < 1.29 is 9.59 Å². The number of para-hydroxylation sites is 1. The van der Waals surface area contributed by atoms with Crippen molar-refractivity contribution in [3.05, 3.63) is 29.3 Å². The molecule has 0 bridgehead atoms. The number of carbonyl (C=O) groups excluding carboxylic acids is 2. The number of hydrogen-bond acceptors (Lipinski definition) is 4. The molecule has 2 amide bonds. The van der Waals surface area contributed by atoms with E-state index in [9.17, 15) is 9.59 Å². The molecule has 1 aliphatic rings. The van der Waals surface area contributed by atoms with Gasteiger partial charge in [-0.15, -0.1) is 0 Å². The van der Waals surface area contributed by atoms with Crippen LogP contribution in [0.15, 0.2) is 29.3 Å². The van der Waals surface area contributed by atoms with E-state index >= 15 is 0 Å². The van der Waals surface area contributed by atoms with Gasteiger partial charge >= 0.3 is 0 Å². The van der Waals surface area contributed by atoms with Crippen molar-refractivity contribution in [2.75, 3.05) is 11.9 Å². The molecule has 1 saturated heterocycles. The van der Waals surface area contributed by atoms with Gasteiger partial charge in [0.1, 0.15) is 5.25 Å². The predicted octanol–water partition coefficient (Wildman–Crippen LogP) is 2.28. The highest BCUT2D eigenvalue weighted by molar-refractivity contribution is 8.15. The van der Waals surface area contributed by atoms with Crippen LogP contribution in [0.25, 0.3) is 0 Å². The van der Waals surface area contributed by atoms with Gasteiger partial charge in [-0.2, -0.15) is 0 Å². The molecule has 1 heterocycles. The summed E-state index contributed by atoms with van der Waals surface area (Å²) in [5, 5.41) is 5.96. The number of nitrogens with one attached hydrogen (secondary N) is 2. The van der Waals surface area contributed by atoms with E-state index < -0.39 is 5.25 Å². The highest BCUT2D eigenvalue weighted by Crippen LogP contribution is 2.24. The molecule has 1 aliphatic heterocycles. The zero-order valence-electron chi connectivity index (χ0n) is 10.9. The lowest BCUT2D eigenvalue weighted by molar-refractivity contribution is -0.122. The van der Waals surface area contributed by atoms with Crippen molar-refractivity contribution in [1.82, 2.24) is 5.32 Å². The molecule has 2 rings (SSSR count). The SMILES string of the molecule is CCN=C1NC(=O)C(CC(=O)Nc2ccccc2Cl)S1. The number of amidine groups is 1. The third-order valence-corrected chi connectivity index (χ3v) is 4.05.